The molecule has 0 N–H and O–H groups in total. The summed E-state index contributed by atoms with van der Waals surface area (Å²) in [6.45, 7) is 1.67. The van der Waals surface area contributed by atoms with Crippen molar-refractivity contribution in [1.29, 1.82) is 0 Å². The number of fused-ring (bicyclic) bond motifs is 1. The van der Waals surface area contributed by atoms with Gasteiger partial charge < -0.3 is 14.0 Å². The van der Waals surface area contributed by atoms with Crippen LogP contribution in [-0.2, 0) is 27.3 Å². The van der Waals surface area contributed by atoms with Gasteiger partial charge in [-0.25, -0.2) is 0 Å². The zero-order chi connectivity index (χ0) is 21.8. The van der Waals surface area contributed by atoms with Crippen molar-refractivity contribution < 1.29 is 24.0 Å². The molecule has 0 unspecified atom stereocenters. The molecule has 2 aromatic carbocycles. The highest BCUT2D eigenvalue weighted by Crippen LogP contribution is 2.23. The molecule has 30 heavy (non-hydrogen) atoms. The Morgan fingerprint density at radius 2 is 1.97 bits per heavy atom. The van der Waals surface area contributed by atoms with Gasteiger partial charge in [-0.1, -0.05) is 23.5 Å². The molecular formula is C20H19N3O6S. The molecule has 1 heterocycles. The second kappa shape index (κ2) is 8.87. The van der Waals surface area contributed by atoms with Crippen LogP contribution in [0.1, 0.15) is 11.1 Å². The lowest BCUT2D eigenvalue weighted by Gasteiger charge is -2.06. The van der Waals surface area contributed by atoms with Crippen molar-refractivity contribution >= 4 is 39.1 Å². The fourth-order valence-electron chi connectivity index (χ4n) is 2.97. The average molecular weight is 429 g/mol. The van der Waals surface area contributed by atoms with Gasteiger partial charge >= 0.3 is 5.97 Å². The third kappa shape index (κ3) is 4.54. The van der Waals surface area contributed by atoms with Crippen LogP contribution in [0.25, 0.3) is 10.2 Å². The number of aromatic nitrogens is 1. The molecule has 0 aliphatic heterocycles. The SMILES string of the molecule is COC(=O)Cn1c(=NC(=O)Cc2ccc(OC)c(C)c2)sc2ccc([N+](=O)[O-])cc21. The predicted octanol–water partition coefficient (Wildman–Crippen LogP) is 2.77. The first-order chi connectivity index (χ1) is 14.3. The number of nitrogens with zero attached hydrogens (tertiary/aromatic N) is 3. The second-order valence-corrected chi connectivity index (χ2v) is 7.45. The number of rotatable bonds is 6. The fourth-order valence-corrected chi connectivity index (χ4v) is 4.00. The predicted molar refractivity (Wildman–Crippen MR) is 110 cm³/mol. The van der Waals surface area contributed by atoms with Crippen LogP contribution < -0.4 is 9.54 Å². The molecule has 0 aliphatic carbocycles. The minimum Gasteiger partial charge on any atom is -0.496 e. The summed E-state index contributed by atoms with van der Waals surface area (Å²) >= 11 is 1.17. The molecule has 0 saturated carbocycles. The van der Waals surface area contributed by atoms with Crippen molar-refractivity contribution in [2.45, 2.75) is 19.9 Å². The first-order valence-electron chi connectivity index (χ1n) is 8.88. The van der Waals surface area contributed by atoms with Crippen molar-refractivity contribution in [2.75, 3.05) is 14.2 Å². The molecule has 0 saturated heterocycles. The van der Waals surface area contributed by atoms with Crippen molar-refractivity contribution in [2.24, 2.45) is 4.99 Å². The Morgan fingerprint density at radius 1 is 1.20 bits per heavy atom. The Balaban J connectivity index is 2.02. The van der Waals surface area contributed by atoms with Gasteiger partial charge in [-0.2, -0.15) is 4.99 Å². The van der Waals surface area contributed by atoms with E-state index in [4.69, 9.17) is 9.47 Å². The molecule has 3 aromatic rings. The van der Waals surface area contributed by atoms with E-state index in [1.165, 1.54) is 35.1 Å². The number of nitro groups is 1. The number of carbonyl (C=O) groups excluding carboxylic acids is 2. The van der Waals surface area contributed by atoms with Gasteiger partial charge in [-0.3, -0.25) is 19.7 Å². The molecule has 0 atom stereocenters. The van der Waals surface area contributed by atoms with E-state index in [0.717, 1.165) is 16.9 Å². The molecule has 3 rings (SSSR count). The van der Waals surface area contributed by atoms with E-state index < -0.39 is 16.8 Å². The first kappa shape index (κ1) is 21.2. The smallest absolute Gasteiger partial charge is 0.325 e. The van der Waals surface area contributed by atoms with Crippen molar-refractivity contribution in [1.82, 2.24) is 4.57 Å². The zero-order valence-corrected chi connectivity index (χ0v) is 17.4. The van der Waals surface area contributed by atoms with E-state index in [2.05, 4.69) is 4.99 Å². The van der Waals surface area contributed by atoms with Crippen LogP contribution in [0, 0.1) is 17.0 Å². The normalized spacial score (nSPS) is 11.5. The molecule has 1 aromatic heterocycles. The van der Waals surface area contributed by atoms with Crippen LogP contribution in [0.3, 0.4) is 0 Å². The lowest BCUT2D eigenvalue weighted by molar-refractivity contribution is -0.384. The number of methoxy groups -OCH3 is 2. The summed E-state index contributed by atoms with van der Waals surface area (Å²) in [7, 11) is 2.82. The molecule has 0 radical (unpaired) electrons. The number of esters is 1. The highest BCUT2D eigenvalue weighted by atomic mass is 32.1. The molecule has 156 valence electrons. The highest BCUT2D eigenvalue weighted by molar-refractivity contribution is 7.16. The van der Waals surface area contributed by atoms with E-state index in [-0.39, 0.29) is 23.5 Å². The summed E-state index contributed by atoms with van der Waals surface area (Å²) in [6.07, 6.45) is 0.0669. The molecule has 9 nitrogen and oxygen atoms in total. The van der Waals surface area contributed by atoms with Crippen molar-refractivity contribution in [3.8, 4) is 5.75 Å². The summed E-state index contributed by atoms with van der Waals surface area (Å²) in [4.78, 5) is 39.5. The van der Waals surface area contributed by atoms with Gasteiger partial charge in [0.2, 0.25) is 0 Å². The minimum atomic E-state index is -0.555. The maximum Gasteiger partial charge on any atom is 0.325 e. The van der Waals surface area contributed by atoms with Gasteiger partial charge in [-0.05, 0) is 30.2 Å². The van der Waals surface area contributed by atoms with Crippen LogP contribution in [0.2, 0.25) is 0 Å². The van der Waals surface area contributed by atoms with E-state index in [1.54, 1.807) is 25.3 Å². The van der Waals surface area contributed by atoms with E-state index >= 15 is 0 Å². The largest absolute Gasteiger partial charge is 0.496 e. The van der Waals surface area contributed by atoms with Crippen LogP contribution >= 0.6 is 11.3 Å². The summed E-state index contributed by atoms with van der Waals surface area (Å²) in [5.41, 5.74) is 1.99. The van der Waals surface area contributed by atoms with E-state index in [1.807, 2.05) is 13.0 Å². The number of amides is 1. The Kier molecular flexibility index (Phi) is 6.26. The third-order valence-corrected chi connectivity index (χ3v) is 5.49. The van der Waals surface area contributed by atoms with Crippen LogP contribution in [0.15, 0.2) is 41.4 Å². The lowest BCUT2D eigenvalue weighted by atomic mass is 10.1. The Morgan fingerprint density at radius 3 is 2.60 bits per heavy atom. The zero-order valence-electron chi connectivity index (χ0n) is 16.6. The molecule has 10 heteroatoms. The minimum absolute atomic E-state index is 0.0669. The van der Waals surface area contributed by atoms with Gasteiger partial charge in [0.15, 0.2) is 4.80 Å². The lowest BCUT2D eigenvalue weighted by Crippen LogP contribution is -2.22. The van der Waals surface area contributed by atoms with Gasteiger partial charge in [0.25, 0.3) is 11.6 Å². The van der Waals surface area contributed by atoms with Crippen molar-refractivity contribution in [3.63, 3.8) is 0 Å². The van der Waals surface area contributed by atoms with Gasteiger partial charge in [0, 0.05) is 12.1 Å². The topological polar surface area (TPSA) is 113 Å². The maximum atomic E-state index is 12.6. The Bertz CT molecular complexity index is 1210. The number of ether oxygens (including phenoxy) is 2. The monoisotopic (exact) mass is 429 g/mol. The first-order valence-corrected chi connectivity index (χ1v) is 9.69. The van der Waals surface area contributed by atoms with E-state index in [9.17, 15) is 19.7 Å². The van der Waals surface area contributed by atoms with Crippen LogP contribution in [0.4, 0.5) is 5.69 Å². The van der Waals surface area contributed by atoms with Gasteiger partial charge in [0.05, 0.1) is 35.8 Å². The Labute approximate surface area is 175 Å². The van der Waals surface area contributed by atoms with Gasteiger partial charge in [-0.15, -0.1) is 0 Å². The van der Waals surface area contributed by atoms with Crippen LogP contribution in [-0.4, -0.2) is 35.6 Å². The standard InChI is InChI=1S/C20H19N3O6S/c1-12-8-13(4-6-16(12)28-2)9-18(24)21-20-22(11-19(25)29-3)15-10-14(23(26)27)5-7-17(15)30-20/h4-8,10H,9,11H2,1-3H3. The molecule has 0 bridgehead atoms. The fraction of sp³-hybridized carbons (Fsp3) is 0.250. The number of nitro benzene ring substituents is 1. The number of aryl methyl sites for hydroxylation is 1. The number of benzene rings is 2. The number of hydrogen-bond acceptors (Lipinski definition) is 7. The molecule has 0 fully saturated rings. The number of non-ortho nitro benzene ring substituents is 1. The van der Waals surface area contributed by atoms with E-state index in [0.29, 0.717) is 10.2 Å². The number of hydrogen-bond donors (Lipinski definition) is 0. The second-order valence-electron chi connectivity index (χ2n) is 6.44. The third-order valence-electron chi connectivity index (χ3n) is 4.43. The molecule has 1 amide bonds. The quantitative estimate of drug-likeness (QED) is 0.338. The van der Waals surface area contributed by atoms with Crippen LogP contribution in [0.5, 0.6) is 5.75 Å². The molecule has 0 spiro atoms. The summed E-state index contributed by atoms with van der Waals surface area (Å²) in [6, 6.07) is 9.72. The summed E-state index contributed by atoms with van der Waals surface area (Å²) < 4.78 is 12.1. The average Bonchev–Trinajstić information content (AvgIpc) is 3.04. The number of thiazole rings is 1. The maximum absolute atomic E-state index is 12.6. The van der Waals surface area contributed by atoms with Gasteiger partial charge in [0.1, 0.15) is 12.3 Å². The summed E-state index contributed by atoms with van der Waals surface area (Å²) in [5, 5.41) is 11.1. The molecule has 0 aliphatic rings. The summed E-state index contributed by atoms with van der Waals surface area (Å²) in [5.74, 6) is -0.231. The molecular weight excluding hydrogens is 410 g/mol. The Hall–Kier alpha value is -3.53. The van der Waals surface area contributed by atoms with Crippen molar-refractivity contribution in [3.05, 3.63) is 62.4 Å². The number of carbonyl (C=O) groups is 2. The highest BCUT2D eigenvalue weighted by Gasteiger charge is 2.15.